The first-order chi connectivity index (χ1) is 10.3. The number of nitrogens with zero attached hydrogens (tertiary/aromatic N) is 3. The number of unbranched alkanes of at least 4 members (excludes halogenated alkanes) is 3. The number of hydrogen-bond donors (Lipinski definition) is 6. The molecule has 0 rings (SSSR count). The molecule has 0 atom stereocenters. The lowest BCUT2D eigenvalue weighted by molar-refractivity contribution is 0.445. The Hall–Kier alpha value is -2.50. The van der Waals surface area contributed by atoms with Crippen molar-refractivity contribution in [3.63, 3.8) is 0 Å². The van der Waals surface area contributed by atoms with Gasteiger partial charge in [0, 0.05) is 6.54 Å². The number of rotatable bonds is 8. The van der Waals surface area contributed by atoms with Crippen molar-refractivity contribution in [3.8, 4) is 6.19 Å². The molecule has 0 amide bonds. The summed E-state index contributed by atoms with van der Waals surface area (Å²) in [6.07, 6.45) is 6.65. The van der Waals surface area contributed by atoms with Gasteiger partial charge in [-0.05, 0) is 26.7 Å². The van der Waals surface area contributed by atoms with Gasteiger partial charge in [-0.2, -0.15) is 5.26 Å². The quantitative estimate of drug-likeness (QED) is 0.120. The molecule has 0 aromatic rings. The Kier molecular flexibility index (Phi) is 9.09. The predicted molar refractivity (Wildman–Crippen MR) is 89.1 cm³/mol. The fourth-order valence-electron chi connectivity index (χ4n) is 1.87. The number of nitrogens with two attached hydrogens (primary N) is 3. The molecule has 0 heterocycles. The second kappa shape index (κ2) is 10.3. The molecule has 0 aromatic heterocycles. The van der Waals surface area contributed by atoms with E-state index < -0.39 is 0 Å². The van der Waals surface area contributed by atoms with E-state index >= 15 is 0 Å². The van der Waals surface area contributed by atoms with Gasteiger partial charge in [0.25, 0.3) is 0 Å². The highest BCUT2D eigenvalue weighted by Crippen LogP contribution is 2.18. The Balaban J connectivity index is 3.83. The van der Waals surface area contributed by atoms with Crippen LogP contribution >= 0.6 is 0 Å². The van der Waals surface area contributed by atoms with Crippen LogP contribution in [0.3, 0.4) is 0 Å². The van der Waals surface area contributed by atoms with E-state index in [-0.39, 0.29) is 23.4 Å². The van der Waals surface area contributed by atoms with Crippen LogP contribution in [0.25, 0.3) is 0 Å². The average Bonchev–Trinajstić information content (AvgIpc) is 2.36. The van der Waals surface area contributed by atoms with E-state index in [1.807, 2.05) is 13.8 Å². The van der Waals surface area contributed by atoms with Gasteiger partial charge in [-0.1, -0.05) is 19.3 Å². The van der Waals surface area contributed by atoms with Crippen molar-refractivity contribution in [2.45, 2.75) is 51.5 Å². The largest absolute Gasteiger partial charge is 0.370 e. The van der Waals surface area contributed by atoms with E-state index in [1.54, 1.807) is 6.19 Å². The third-order valence-corrected chi connectivity index (χ3v) is 2.85. The molecule has 0 aromatic carbocycles. The molecular formula is C13H27N9. The van der Waals surface area contributed by atoms with Gasteiger partial charge in [-0.15, -0.1) is 0 Å². The van der Waals surface area contributed by atoms with Crippen LogP contribution in [0.4, 0.5) is 0 Å². The molecule has 0 aliphatic rings. The summed E-state index contributed by atoms with van der Waals surface area (Å²) < 4.78 is 0. The molecule has 0 radical (unpaired) electrons. The molecule has 9 N–H and O–H groups in total. The maximum atomic E-state index is 8.45. The highest BCUT2D eigenvalue weighted by molar-refractivity contribution is 5.95. The normalized spacial score (nSPS) is 12.6. The van der Waals surface area contributed by atoms with Crippen molar-refractivity contribution in [1.29, 1.82) is 10.7 Å². The molecule has 0 saturated heterocycles. The van der Waals surface area contributed by atoms with Crippen molar-refractivity contribution < 1.29 is 0 Å². The van der Waals surface area contributed by atoms with E-state index in [0.29, 0.717) is 6.54 Å². The third-order valence-electron chi connectivity index (χ3n) is 2.85. The zero-order chi connectivity index (χ0) is 17.0. The highest BCUT2D eigenvalue weighted by atomic mass is 15.2. The van der Waals surface area contributed by atoms with Crippen LogP contribution in [-0.2, 0) is 0 Å². The van der Waals surface area contributed by atoms with Crippen molar-refractivity contribution in [1.82, 2.24) is 10.6 Å². The molecule has 9 heteroatoms. The first-order valence-electron chi connectivity index (χ1n) is 7.18. The molecule has 0 spiro atoms. The standard InChI is InChI=1S/C13H27N9/c1-13(2,22-12(18)20-9-14)7-5-3-4-6-8-19-11(17)21-10(15)16/h3-8H2,1-2H3,(H3,18,20,22)(H6,15,16,17,19,21). The minimum Gasteiger partial charge on any atom is -0.370 e. The summed E-state index contributed by atoms with van der Waals surface area (Å²) in [6.45, 7) is 4.57. The van der Waals surface area contributed by atoms with Gasteiger partial charge in [0.2, 0.25) is 5.96 Å². The van der Waals surface area contributed by atoms with E-state index in [4.69, 9.17) is 27.9 Å². The maximum Gasteiger partial charge on any atom is 0.202 e. The van der Waals surface area contributed by atoms with Gasteiger partial charge >= 0.3 is 0 Å². The van der Waals surface area contributed by atoms with Crippen LogP contribution < -0.4 is 27.8 Å². The fourth-order valence-corrected chi connectivity index (χ4v) is 1.87. The smallest absolute Gasteiger partial charge is 0.202 e. The minimum absolute atomic E-state index is 0.148. The Labute approximate surface area is 131 Å². The minimum atomic E-state index is -0.290. The topological polar surface area (TPSA) is 174 Å². The summed E-state index contributed by atoms with van der Waals surface area (Å²) >= 11 is 0. The van der Waals surface area contributed by atoms with Crippen LogP contribution in [0, 0.1) is 16.9 Å². The van der Waals surface area contributed by atoms with E-state index in [2.05, 4.69) is 20.6 Å². The Bertz CT molecular complexity index is 445. The van der Waals surface area contributed by atoms with E-state index in [1.165, 1.54) is 0 Å². The number of nitrogens with one attached hydrogen (secondary N) is 3. The summed E-state index contributed by atoms with van der Waals surface area (Å²) in [5.41, 5.74) is 15.9. The molecule has 0 aliphatic heterocycles. The average molecular weight is 309 g/mol. The van der Waals surface area contributed by atoms with E-state index in [9.17, 15) is 0 Å². The molecule has 0 saturated carbocycles. The number of nitriles is 1. The van der Waals surface area contributed by atoms with Crippen molar-refractivity contribution in [3.05, 3.63) is 0 Å². The highest BCUT2D eigenvalue weighted by Gasteiger charge is 2.16. The van der Waals surface area contributed by atoms with Gasteiger partial charge in [-0.3, -0.25) is 21.0 Å². The molecule has 0 unspecified atom stereocenters. The summed E-state index contributed by atoms with van der Waals surface area (Å²) in [5, 5.41) is 20.2. The van der Waals surface area contributed by atoms with Crippen LogP contribution in [0.2, 0.25) is 0 Å². The summed E-state index contributed by atoms with van der Waals surface area (Å²) in [4.78, 5) is 8.32. The second-order valence-corrected chi connectivity index (χ2v) is 5.52. The number of hydrogen-bond acceptors (Lipinski definition) is 4. The van der Waals surface area contributed by atoms with Crippen LogP contribution in [0.1, 0.15) is 46.0 Å². The predicted octanol–water partition coefficient (Wildman–Crippen LogP) is -0.101. The summed E-state index contributed by atoms with van der Waals surface area (Å²) in [6, 6.07) is 0. The third kappa shape index (κ3) is 11.3. The van der Waals surface area contributed by atoms with Crippen molar-refractivity contribution in [2.24, 2.45) is 27.2 Å². The maximum absolute atomic E-state index is 8.45. The van der Waals surface area contributed by atoms with Crippen LogP contribution in [0.15, 0.2) is 9.98 Å². The van der Waals surface area contributed by atoms with Crippen LogP contribution in [-0.4, -0.2) is 30.0 Å². The monoisotopic (exact) mass is 309 g/mol. The second-order valence-electron chi connectivity index (χ2n) is 5.52. The molecular weight excluding hydrogens is 282 g/mol. The number of aliphatic imine (C=N–C) groups is 2. The van der Waals surface area contributed by atoms with Crippen LogP contribution in [0.5, 0.6) is 0 Å². The lowest BCUT2D eigenvalue weighted by Gasteiger charge is -2.20. The van der Waals surface area contributed by atoms with Gasteiger partial charge < -0.3 is 17.2 Å². The van der Waals surface area contributed by atoms with Crippen molar-refractivity contribution in [2.75, 3.05) is 6.54 Å². The first kappa shape index (κ1) is 19.5. The molecule has 0 aliphatic carbocycles. The molecule has 22 heavy (non-hydrogen) atoms. The van der Waals surface area contributed by atoms with Gasteiger partial charge in [-0.25, -0.2) is 4.99 Å². The summed E-state index contributed by atoms with van der Waals surface area (Å²) in [7, 11) is 0. The fraction of sp³-hybridized carbons (Fsp3) is 0.692. The molecule has 124 valence electrons. The Morgan fingerprint density at radius 1 is 1.14 bits per heavy atom. The Morgan fingerprint density at radius 3 is 2.36 bits per heavy atom. The van der Waals surface area contributed by atoms with E-state index in [0.717, 1.165) is 32.1 Å². The van der Waals surface area contributed by atoms with Crippen molar-refractivity contribution >= 4 is 17.9 Å². The Morgan fingerprint density at radius 2 is 1.77 bits per heavy atom. The van der Waals surface area contributed by atoms with Gasteiger partial charge in [0.15, 0.2) is 18.1 Å². The SMILES string of the molecule is CC(C)(CCCCCCN=C(N)NC(=N)N)N=C(N)NC#N. The lowest BCUT2D eigenvalue weighted by atomic mass is 9.97. The first-order valence-corrected chi connectivity index (χ1v) is 7.18. The zero-order valence-corrected chi connectivity index (χ0v) is 13.3. The summed E-state index contributed by atoms with van der Waals surface area (Å²) in [5.74, 6) is 0.105. The number of guanidine groups is 3. The molecule has 0 bridgehead atoms. The molecule has 0 fully saturated rings. The molecule has 9 nitrogen and oxygen atoms in total. The zero-order valence-electron chi connectivity index (χ0n) is 13.3. The van der Waals surface area contributed by atoms with Gasteiger partial charge in [0.05, 0.1) is 5.54 Å². The lowest BCUT2D eigenvalue weighted by Crippen LogP contribution is -2.40. The van der Waals surface area contributed by atoms with Gasteiger partial charge in [0.1, 0.15) is 0 Å².